The van der Waals surface area contributed by atoms with Gasteiger partial charge < -0.3 is 18.6 Å². The molecule has 0 fully saturated rings. The van der Waals surface area contributed by atoms with E-state index in [1.165, 1.54) is 22.3 Å². The molecule has 2 aromatic heterocycles. The van der Waals surface area contributed by atoms with Crippen LogP contribution in [0, 0.1) is 0 Å². The first-order valence-electron chi connectivity index (χ1n) is 23.7. The van der Waals surface area contributed by atoms with Crippen LogP contribution in [-0.4, -0.2) is 0 Å². The summed E-state index contributed by atoms with van der Waals surface area (Å²) in [5.41, 5.74) is 15.3. The first-order chi connectivity index (χ1) is 32.0. The van der Waals surface area contributed by atoms with E-state index < -0.39 is 0 Å². The Balaban J connectivity index is 1.04. The van der Waals surface area contributed by atoms with E-state index >= 15 is 0 Å². The summed E-state index contributed by atoms with van der Waals surface area (Å²) >= 11 is 0. The Kier molecular flexibility index (Phi) is 10.2. The fraction of sp³-hybridized carbons (Fsp3) is 0.194. The minimum atomic E-state index is 0.447. The zero-order valence-electron chi connectivity index (χ0n) is 39.2. The number of hydrogen-bond acceptors (Lipinski definition) is 4. The van der Waals surface area contributed by atoms with Crippen LogP contribution in [-0.2, 0) is 0 Å². The highest BCUT2D eigenvalue weighted by Gasteiger charge is 2.23. The molecule has 11 aromatic rings. The maximum atomic E-state index is 6.89. The first kappa shape index (κ1) is 41.4. The van der Waals surface area contributed by atoms with Crippen molar-refractivity contribution in [3.63, 3.8) is 0 Å². The summed E-state index contributed by atoms with van der Waals surface area (Å²) in [5, 5.41) is 8.87. The predicted molar refractivity (Wildman–Crippen MR) is 282 cm³/mol. The SMILES string of the molecule is CC(C)c1ccc(N(c2ccc(C(C)C)cc2)c2ccc3c(ccc4c5cc6c(cc5oc34)oc3cc(N(c4ccc(C(C)C)cc4)c4ccc(C(C)C)cc4)c4ccccc4c36)c2)cc1. The van der Waals surface area contributed by atoms with Crippen molar-refractivity contribution in [2.24, 2.45) is 0 Å². The molecule has 0 saturated heterocycles. The lowest BCUT2D eigenvalue weighted by Gasteiger charge is -2.27. The summed E-state index contributed by atoms with van der Waals surface area (Å²) in [4.78, 5) is 4.74. The molecule has 11 rings (SSSR count). The third-order valence-corrected chi connectivity index (χ3v) is 13.8. The van der Waals surface area contributed by atoms with Gasteiger partial charge in [-0.05, 0) is 136 Å². The zero-order chi connectivity index (χ0) is 45.4. The van der Waals surface area contributed by atoms with Crippen molar-refractivity contribution >= 4 is 99.5 Å². The van der Waals surface area contributed by atoms with Gasteiger partial charge in [-0.2, -0.15) is 0 Å². The summed E-state index contributed by atoms with van der Waals surface area (Å²) in [6, 6.07) is 62.6. The molecule has 0 saturated carbocycles. The van der Waals surface area contributed by atoms with Crippen molar-refractivity contribution in [3.05, 3.63) is 192 Å². The molecule has 0 radical (unpaired) electrons. The Morgan fingerprint density at radius 1 is 0.318 bits per heavy atom. The number of benzene rings is 9. The molecular formula is C62H56N2O2. The molecule has 0 amide bonds. The van der Waals surface area contributed by atoms with Crippen molar-refractivity contribution in [2.45, 2.75) is 79.1 Å². The van der Waals surface area contributed by atoms with Crippen LogP contribution in [0.1, 0.15) is 101 Å². The molecule has 66 heavy (non-hydrogen) atoms. The van der Waals surface area contributed by atoms with Gasteiger partial charge in [-0.3, -0.25) is 0 Å². The lowest BCUT2D eigenvalue weighted by molar-refractivity contribution is 0.658. The second kappa shape index (κ2) is 16.3. The summed E-state index contributed by atoms with van der Waals surface area (Å²) in [6.45, 7) is 17.9. The van der Waals surface area contributed by atoms with Crippen molar-refractivity contribution in [1.82, 2.24) is 0 Å². The Labute approximate surface area is 387 Å². The summed E-state index contributed by atoms with van der Waals surface area (Å²) in [6.07, 6.45) is 0. The smallest absolute Gasteiger partial charge is 0.143 e. The summed E-state index contributed by atoms with van der Waals surface area (Å²) in [7, 11) is 0. The van der Waals surface area contributed by atoms with Gasteiger partial charge in [-0.1, -0.05) is 134 Å². The fourth-order valence-corrected chi connectivity index (χ4v) is 9.90. The standard InChI is InChI=1S/C62H56N2O2/c1-37(2)41-13-22-46(23-14-41)63(47-24-15-42(16-25-47)38(3)4)50-30-32-51-45(33-50)21-31-54-55-34-56-59(36-58(55)66-62(51)54)65-60-35-57(52-11-9-10-12-53(52)61(56)60)64(48-26-17-43(18-27-48)39(5)6)49-28-19-44(20-29-49)40(7)8/h9-40H,1-8H3. The van der Waals surface area contributed by atoms with Gasteiger partial charge >= 0.3 is 0 Å². The van der Waals surface area contributed by atoms with E-state index in [9.17, 15) is 0 Å². The molecule has 9 aromatic carbocycles. The van der Waals surface area contributed by atoms with Gasteiger partial charge in [0.25, 0.3) is 0 Å². The van der Waals surface area contributed by atoms with Crippen molar-refractivity contribution in [2.75, 3.05) is 9.80 Å². The van der Waals surface area contributed by atoms with Crippen LogP contribution >= 0.6 is 0 Å². The van der Waals surface area contributed by atoms with Crippen LogP contribution in [0.3, 0.4) is 0 Å². The Hall–Kier alpha value is -7.30. The van der Waals surface area contributed by atoms with E-state index in [2.05, 4.69) is 235 Å². The number of fused-ring (bicyclic) bond motifs is 10. The van der Waals surface area contributed by atoms with Crippen LogP contribution in [0.15, 0.2) is 179 Å². The van der Waals surface area contributed by atoms with Gasteiger partial charge in [-0.25, -0.2) is 0 Å². The normalized spacial score (nSPS) is 12.2. The zero-order valence-corrected chi connectivity index (χ0v) is 39.2. The van der Waals surface area contributed by atoms with E-state index in [1.54, 1.807) is 0 Å². The average Bonchev–Trinajstić information content (AvgIpc) is 3.88. The number of anilines is 6. The van der Waals surface area contributed by atoms with Crippen molar-refractivity contribution in [3.8, 4) is 0 Å². The Morgan fingerprint density at radius 3 is 1.29 bits per heavy atom. The minimum Gasteiger partial charge on any atom is -0.456 e. The first-order valence-corrected chi connectivity index (χ1v) is 23.7. The van der Waals surface area contributed by atoms with E-state index in [-0.39, 0.29) is 0 Å². The lowest BCUT2D eigenvalue weighted by Crippen LogP contribution is -2.11. The third kappa shape index (κ3) is 7.07. The van der Waals surface area contributed by atoms with Gasteiger partial charge in [0, 0.05) is 72.9 Å². The summed E-state index contributed by atoms with van der Waals surface area (Å²) < 4.78 is 13.7. The molecule has 0 atom stereocenters. The maximum Gasteiger partial charge on any atom is 0.143 e. The second-order valence-corrected chi connectivity index (χ2v) is 19.4. The highest BCUT2D eigenvalue weighted by atomic mass is 16.3. The number of nitrogens with zero attached hydrogens (tertiary/aromatic N) is 2. The third-order valence-electron chi connectivity index (χ3n) is 13.8. The van der Waals surface area contributed by atoms with E-state index in [1.807, 2.05) is 0 Å². The van der Waals surface area contributed by atoms with Gasteiger partial charge in [0.1, 0.15) is 22.3 Å². The number of hydrogen-bond donors (Lipinski definition) is 0. The molecule has 0 aliphatic rings. The van der Waals surface area contributed by atoms with Crippen LogP contribution in [0.4, 0.5) is 34.1 Å². The summed E-state index contributed by atoms with van der Waals surface area (Å²) in [5.74, 6) is 1.82. The van der Waals surface area contributed by atoms with Gasteiger partial charge in [0.2, 0.25) is 0 Å². The highest BCUT2D eigenvalue weighted by molar-refractivity contribution is 6.26. The lowest BCUT2D eigenvalue weighted by atomic mass is 9.98. The quantitative estimate of drug-likeness (QED) is 0.137. The number of furan rings is 2. The predicted octanol–water partition coefficient (Wildman–Crippen LogP) is 19.2. The molecule has 4 heteroatoms. The Bertz CT molecular complexity index is 3470. The van der Waals surface area contributed by atoms with Crippen LogP contribution in [0.25, 0.3) is 65.4 Å². The molecule has 0 aliphatic heterocycles. The molecule has 2 heterocycles. The van der Waals surface area contributed by atoms with Crippen LogP contribution < -0.4 is 9.80 Å². The van der Waals surface area contributed by atoms with Gasteiger partial charge in [0.15, 0.2) is 0 Å². The van der Waals surface area contributed by atoms with E-state index in [0.717, 1.165) is 99.5 Å². The van der Waals surface area contributed by atoms with Gasteiger partial charge in [0.05, 0.1) is 5.69 Å². The van der Waals surface area contributed by atoms with Crippen LogP contribution in [0.5, 0.6) is 0 Å². The van der Waals surface area contributed by atoms with Gasteiger partial charge in [-0.15, -0.1) is 0 Å². The molecule has 4 nitrogen and oxygen atoms in total. The van der Waals surface area contributed by atoms with E-state index in [4.69, 9.17) is 8.83 Å². The van der Waals surface area contributed by atoms with Crippen LogP contribution in [0.2, 0.25) is 0 Å². The minimum absolute atomic E-state index is 0.447. The molecule has 0 bridgehead atoms. The monoisotopic (exact) mass is 860 g/mol. The Morgan fingerprint density at radius 2 is 0.773 bits per heavy atom. The molecular weight excluding hydrogens is 805 g/mol. The number of rotatable bonds is 10. The maximum absolute atomic E-state index is 6.89. The second-order valence-electron chi connectivity index (χ2n) is 19.4. The largest absolute Gasteiger partial charge is 0.456 e. The molecule has 0 spiro atoms. The molecule has 0 N–H and O–H groups in total. The highest BCUT2D eigenvalue weighted by Crippen LogP contribution is 2.47. The molecule has 0 aliphatic carbocycles. The van der Waals surface area contributed by atoms with Crippen molar-refractivity contribution in [1.29, 1.82) is 0 Å². The molecule has 0 unspecified atom stereocenters. The topological polar surface area (TPSA) is 32.8 Å². The molecule has 326 valence electrons. The average molecular weight is 861 g/mol. The van der Waals surface area contributed by atoms with Crippen molar-refractivity contribution < 1.29 is 8.83 Å². The fourth-order valence-electron chi connectivity index (χ4n) is 9.90. The van der Waals surface area contributed by atoms with E-state index in [0.29, 0.717) is 23.7 Å².